The Hall–Kier alpha value is -2.44. The summed E-state index contributed by atoms with van der Waals surface area (Å²) in [6, 6.07) is 3.61. The second-order valence-corrected chi connectivity index (χ2v) is 5.00. The lowest BCUT2D eigenvalue weighted by atomic mass is 10.1. The van der Waals surface area contributed by atoms with Gasteiger partial charge in [0.25, 0.3) is 0 Å². The van der Waals surface area contributed by atoms with Crippen molar-refractivity contribution in [3.05, 3.63) is 35.5 Å². The first-order valence-corrected chi connectivity index (χ1v) is 6.89. The SMILES string of the molecule is COC(=O)c1ccc(NC2CCCn3ncnc32)nc1C. The monoisotopic (exact) mass is 287 g/mol. The Morgan fingerprint density at radius 1 is 1.48 bits per heavy atom. The molecule has 3 rings (SSSR count). The first-order chi connectivity index (χ1) is 10.2. The van der Waals surface area contributed by atoms with Crippen molar-refractivity contribution in [2.24, 2.45) is 0 Å². The molecule has 0 aromatic carbocycles. The third-order valence-electron chi connectivity index (χ3n) is 3.63. The average Bonchev–Trinajstić information content (AvgIpc) is 2.96. The van der Waals surface area contributed by atoms with Gasteiger partial charge in [-0.1, -0.05) is 0 Å². The lowest BCUT2D eigenvalue weighted by Gasteiger charge is -2.23. The molecule has 0 spiro atoms. The first kappa shape index (κ1) is 13.5. The van der Waals surface area contributed by atoms with E-state index >= 15 is 0 Å². The van der Waals surface area contributed by atoms with E-state index in [1.807, 2.05) is 4.68 Å². The number of aryl methyl sites for hydroxylation is 2. The smallest absolute Gasteiger partial charge is 0.339 e. The Morgan fingerprint density at radius 2 is 2.33 bits per heavy atom. The van der Waals surface area contributed by atoms with Crippen LogP contribution in [0.1, 0.15) is 40.8 Å². The summed E-state index contributed by atoms with van der Waals surface area (Å²) < 4.78 is 6.64. The molecule has 2 aromatic heterocycles. The zero-order valence-corrected chi connectivity index (χ0v) is 12.0. The lowest BCUT2D eigenvalue weighted by Crippen LogP contribution is -2.23. The van der Waals surface area contributed by atoms with Crippen molar-refractivity contribution >= 4 is 11.8 Å². The quantitative estimate of drug-likeness (QED) is 0.865. The molecule has 2 aromatic rings. The molecule has 1 aliphatic heterocycles. The van der Waals surface area contributed by atoms with Gasteiger partial charge in [0.05, 0.1) is 24.4 Å². The molecule has 21 heavy (non-hydrogen) atoms. The number of fused-ring (bicyclic) bond motifs is 1. The number of anilines is 1. The molecule has 1 N–H and O–H groups in total. The minimum Gasteiger partial charge on any atom is -0.465 e. The van der Waals surface area contributed by atoms with E-state index in [2.05, 4.69) is 20.4 Å². The summed E-state index contributed by atoms with van der Waals surface area (Å²) in [7, 11) is 1.36. The number of aromatic nitrogens is 4. The fourth-order valence-electron chi connectivity index (χ4n) is 2.57. The van der Waals surface area contributed by atoms with E-state index in [1.54, 1.807) is 25.4 Å². The van der Waals surface area contributed by atoms with Crippen LogP contribution >= 0.6 is 0 Å². The van der Waals surface area contributed by atoms with Gasteiger partial charge in [0, 0.05) is 6.54 Å². The summed E-state index contributed by atoms with van der Waals surface area (Å²) in [4.78, 5) is 20.3. The van der Waals surface area contributed by atoms with Crippen molar-refractivity contribution in [3.8, 4) is 0 Å². The predicted molar refractivity (Wildman–Crippen MR) is 75.9 cm³/mol. The maximum atomic E-state index is 11.6. The summed E-state index contributed by atoms with van der Waals surface area (Å²) in [6.45, 7) is 2.70. The molecule has 0 saturated heterocycles. The zero-order valence-electron chi connectivity index (χ0n) is 12.0. The number of nitrogens with one attached hydrogen (secondary N) is 1. The van der Waals surface area contributed by atoms with Crippen molar-refractivity contribution in [3.63, 3.8) is 0 Å². The van der Waals surface area contributed by atoms with E-state index in [0.29, 0.717) is 11.3 Å². The summed E-state index contributed by atoms with van der Waals surface area (Å²) >= 11 is 0. The molecule has 1 atom stereocenters. The maximum Gasteiger partial charge on any atom is 0.339 e. The van der Waals surface area contributed by atoms with Gasteiger partial charge in [0.15, 0.2) is 0 Å². The normalized spacial score (nSPS) is 17.1. The molecule has 1 unspecified atom stereocenters. The van der Waals surface area contributed by atoms with E-state index < -0.39 is 0 Å². The molecular weight excluding hydrogens is 270 g/mol. The second kappa shape index (κ2) is 5.51. The number of ether oxygens (including phenoxy) is 1. The number of esters is 1. The number of rotatable bonds is 3. The fourth-order valence-corrected chi connectivity index (χ4v) is 2.57. The molecule has 3 heterocycles. The highest BCUT2D eigenvalue weighted by Crippen LogP contribution is 2.26. The van der Waals surface area contributed by atoms with Crippen molar-refractivity contribution in [1.29, 1.82) is 0 Å². The van der Waals surface area contributed by atoms with Gasteiger partial charge in [-0.15, -0.1) is 0 Å². The second-order valence-electron chi connectivity index (χ2n) is 5.00. The average molecular weight is 287 g/mol. The minimum absolute atomic E-state index is 0.0946. The standard InChI is InChI=1S/C14H17N5O2/c1-9-10(14(20)21-2)5-6-12(17-9)18-11-4-3-7-19-13(11)15-8-16-19/h5-6,8,11H,3-4,7H2,1-2H3,(H,17,18). The molecule has 0 bridgehead atoms. The van der Waals surface area contributed by atoms with Crippen LogP contribution in [0.4, 0.5) is 5.82 Å². The van der Waals surface area contributed by atoms with Crippen LogP contribution in [0.15, 0.2) is 18.5 Å². The van der Waals surface area contributed by atoms with Crippen molar-refractivity contribution in [1.82, 2.24) is 19.7 Å². The van der Waals surface area contributed by atoms with Gasteiger partial charge in [-0.2, -0.15) is 5.10 Å². The Bertz CT molecular complexity index is 667. The van der Waals surface area contributed by atoms with Crippen molar-refractivity contribution in [2.45, 2.75) is 32.4 Å². The van der Waals surface area contributed by atoms with Crippen LogP contribution in [-0.2, 0) is 11.3 Å². The maximum absolute atomic E-state index is 11.6. The van der Waals surface area contributed by atoms with Gasteiger partial charge in [0.1, 0.15) is 18.0 Å². The van der Waals surface area contributed by atoms with Gasteiger partial charge in [-0.3, -0.25) is 0 Å². The Morgan fingerprint density at radius 3 is 3.10 bits per heavy atom. The van der Waals surface area contributed by atoms with Gasteiger partial charge in [0.2, 0.25) is 0 Å². The van der Waals surface area contributed by atoms with Crippen LogP contribution in [0, 0.1) is 6.92 Å². The molecule has 0 saturated carbocycles. The Labute approximate surface area is 122 Å². The number of pyridine rings is 1. The first-order valence-electron chi connectivity index (χ1n) is 6.89. The third-order valence-corrected chi connectivity index (χ3v) is 3.63. The lowest BCUT2D eigenvalue weighted by molar-refractivity contribution is 0.0599. The largest absolute Gasteiger partial charge is 0.465 e. The van der Waals surface area contributed by atoms with Crippen LogP contribution in [0.2, 0.25) is 0 Å². The molecule has 0 aliphatic carbocycles. The molecule has 7 heteroatoms. The van der Waals surface area contributed by atoms with Crippen LogP contribution in [0.5, 0.6) is 0 Å². The van der Waals surface area contributed by atoms with Crippen LogP contribution < -0.4 is 5.32 Å². The summed E-state index contributed by atoms with van der Waals surface area (Å²) in [5.74, 6) is 1.28. The molecule has 0 amide bonds. The van der Waals surface area contributed by atoms with Gasteiger partial charge < -0.3 is 10.1 Å². The highest BCUT2D eigenvalue weighted by atomic mass is 16.5. The van der Waals surface area contributed by atoms with Gasteiger partial charge in [-0.25, -0.2) is 19.4 Å². The van der Waals surface area contributed by atoms with Crippen LogP contribution in [-0.4, -0.2) is 32.8 Å². The molecule has 110 valence electrons. The molecular formula is C14H17N5O2. The topological polar surface area (TPSA) is 81.9 Å². The minimum atomic E-state index is -0.371. The zero-order chi connectivity index (χ0) is 14.8. The van der Waals surface area contributed by atoms with Gasteiger partial charge >= 0.3 is 5.97 Å². The Kier molecular flexibility index (Phi) is 3.55. The van der Waals surface area contributed by atoms with Crippen LogP contribution in [0.25, 0.3) is 0 Å². The number of methoxy groups -OCH3 is 1. The Balaban J connectivity index is 1.81. The van der Waals surface area contributed by atoms with Crippen LogP contribution in [0.3, 0.4) is 0 Å². The van der Waals surface area contributed by atoms with E-state index in [0.717, 1.165) is 31.0 Å². The summed E-state index contributed by atoms with van der Waals surface area (Å²) in [5, 5.41) is 7.56. The fraction of sp³-hybridized carbons (Fsp3) is 0.429. The van der Waals surface area contributed by atoms with E-state index in [4.69, 9.17) is 4.74 Å². The number of hydrogen-bond acceptors (Lipinski definition) is 6. The molecule has 1 aliphatic rings. The number of nitrogens with zero attached hydrogens (tertiary/aromatic N) is 4. The molecule has 0 fully saturated rings. The predicted octanol–water partition coefficient (Wildman–Crippen LogP) is 1.72. The highest BCUT2D eigenvalue weighted by Gasteiger charge is 2.22. The molecule has 7 nitrogen and oxygen atoms in total. The summed E-state index contributed by atoms with van der Waals surface area (Å²) in [6.07, 6.45) is 3.61. The van der Waals surface area contributed by atoms with E-state index in [1.165, 1.54) is 7.11 Å². The molecule has 0 radical (unpaired) electrons. The van der Waals surface area contributed by atoms with Crippen molar-refractivity contribution in [2.75, 3.05) is 12.4 Å². The number of carbonyl (C=O) groups is 1. The van der Waals surface area contributed by atoms with E-state index in [9.17, 15) is 4.79 Å². The summed E-state index contributed by atoms with van der Waals surface area (Å²) in [5.41, 5.74) is 1.12. The van der Waals surface area contributed by atoms with Gasteiger partial charge in [-0.05, 0) is 31.9 Å². The van der Waals surface area contributed by atoms with E-state index in [-0.39, 0.29) is 12.0 Å². The number of hydrogen-bond donors (Lipinski definition) is 1. The highest BCUT2D eigenvalue weighted by molar-refractivity contribution is 5.90. The number of carbonyl (C=O) groups excluding carboxylic acids is 1. The van der Waals surface area contributed by atoms with Crippen molar-refractivity contribution < 1.29 is 9.53 Å². The third kappa shape index (κ3) is 2.58.